The third-order valence-electron chi connectivity index (χ3n) is 5.34. The molecule has 1 aliphatic rings. The van der Waals surface area contributed by atoms with E-state index in [1.165, 1.54) is 17.0 Å². The van der Waals surface area contributed by atoms with Crippen LogP contribution in [0.5, 0.6) is 0 Å². The first-order valence-corrected chi connectivity index (χ1v) is 10.5. The molecule has 29 heavy (non-hydrogen) atoms. The Labute approximate surface area is 172 Å². The van der Waals surface area contributed by atoms with Crippen molar-refractivity contribution in [2.75, 3.05) is 20.6 Å². The minimum atomic E-state index is -0.561. The monoisotopic (exact) mass is 418 g/mol. The fourth-order valence-corrected chi connectivity index (χ4v) is 5.08. The van der Waals surface area contributed by atoms with Crippen LogP contribution in [0.1, 0.15) is 22.4 Å². The molecule has 0 radical (unpaired) electrons. The smallest absolute Gasteiger partial charge is 0.262 e. The third kappa shape index (κ3) is 4.39. The molecule has 0 spiro atoms. The Hall–Kier alpha value is -2.16. The lowest BCUT2D eigenvalue weighted by Crippen LogP contribution is -2.34. The summed E-state index contributed by atoms with van der Waals surface area (Å²) >= 11 is 1.58. The molecule has 1 aliphatic carbocycles. The van der Waals surface area contributed by atoms with Gasteiger partial charge in [0.25, 0.3) is 5.56 Å². The number of aryl methyl sites for hydroxylation is 1. The molecule has 2 heterocycles. The van der Waals surface area contributed by atoms with Gasteiger partial charge in [-0.2, -0.15) is 0 Å². The van der Waals surface area contributed by atoms with E-state index in [1.54, 1.807) is 22.2 Å². The van der Waals surface area contributed by atoms with Crippen LogP contribution in [0.15, 0.2) is 29.3 Å². The van der Waals surface area contributed by atoms with Gasteiger partial charge in [0.15, 0.2) is 0 Å². The van der Waals surface area contributed by atoms with Crippen LogP contribution >= 0.6 is 11.3 Å². The van der Waals surface area contributed by atoms with E-state index in [0.29, 0.717) is 18.7 Å². The lowest BCUT2D eigenvalue weighted by molar-refractivity contribution is 0.380. The maximum Gasteiger partial charge on any atom is 0.262 e. The molecule has 0 saturated carbocycles. The standard InChI is InChI=1S/C21H24F2N4OS/c1-26(2)5-6-27-12-25-20-19(21(27)28)17-4-3-16(10-18(17)29-20)24-11-13-7-14(22)9-15(23)8-13/h7-9,12,16,24H,3-6,10-11H2,1-2H3. The minimum absolute atomic E-state index is 0.0380. The fourth-order valence-electron chi connectivity index (χ4n) is 3.82. The number of hydrogen-bond acceptors (Lipinski definition) is 5. The molecule has 3 aromatic rings. The molecule has 0 aliphatic heterocycles. The Morgan fingerprint density at radius 1 is 1.28 bits per heavy atom. The Kier molecular flexibility index (Phi) is 5.76. The average Bonchev–Trinajstić information content (AvgIpc) is 3.03. The van der Waals surface area contributed by atoms with E-state index in [-0.39, 0.29) is 11.6 Å². The zero-order valence-corrected chi connectivity index (χ0v) is 17.4. The molecule has 8 heteroatoms. The molecule has 5 nitrogen and oxygen atoms in total. The maximum absolute atomic E-state index is 13.4. The largest absolute Gasteiger partial charge is 0.310 e. The molecule has 4 rings (SSSR count). The van der Waals surface area contributed by atoms with Gasteiger partial charge in [-0.25, -0.2) is 13.8 Å². The first-order chi connectivity index (χ1) is 13.9. The van der Waals surface area contributed by atoms with E-state index in [2.05, 4.69) is 10.3 Å². The second-order valence-electron chi connectivity index (χ2n) is 7.83. The number of nitrogens with zero attached hydrogens (tertiary/aromatic N) is 3. The number of nitrogens with one attached hydrogen (secondary N) is 1. The van der Waals surface area contributed by atoms with Crippen LogP contribution in [0.25, 0.3) is 10.2 Å². The van der Waals surface area contributed by atoms with Gasteiger partial charge in [-0.1, -0.05) is 0 Å². The van der Waals surface area contributed by atoms with Gasteiger partial charge < -0.3 is 10.2 Å². The molecule has 0 amide bonds. The molecule has 1 unspecified atom stereocenters. The number of benzene rings is 1. The van der Waals surface area contributed by atoms with Crippen LogP contribution in [-0.4, -0.2) is 41.1 Å². The maximum atomic E-state index is 13.4. The summed E-state index contributed by atoms with van der Waals surface area (Å²) in [7, 11) is 3.96. The highest BCUT2D eigenvalue weighted by molar-refractivity contribution is 7.18. The van der Waals surface area contributed by atoms with Crippen molar-refractivity contribution < 1.29 is 8.78 Å². The summed E-state index contributed by atoms with van der Waals surface area (Å²) in [5.41, 5.74) is 1.75. The van der Waals surface area contributed by atoms with Crippen molar-refractivity contribution in [2.24, 2.45) is 0 Å². The number of likely N-dealkylation sites (N-methyl/N-ethyl adjacent to an activating group) is 1. The van der Waals surface area contributed by atoms with E-state index in [9.17, 15) is 13.6 Å². The van der Waals surface area contributed by atoms with Crippen LogP contribution < -0.4 is 10.9 Å². The quantitative estimate of drug-likeness (QED) is 0.669. The molecule has 0 fully saturated rings. The van der Waals surface area contributed by atoms with Crippen LogP contribution in [0.4, 0.5) is 8.78 Å². The van der Waals surface area contributed by atoms with Crippen LogP contribution in [0.3, 0.4) is 0 Å². The Morgan fingerprint density at radius 3 is 2.76 bits per heavy atom. The van der Waals surface area contributed by atoms with Crippen molar-refractivity contribution in [3.8, 4) is 0 Å². The van der Waals surface area contributed by atoms with E-state index in [1.807, 2.05) is 19.0 Å². The number of thiophene rings is 1. The number of hydrogen-bond donors (Lipinski definition) is 1. The molecule has 0 bridgehead atoms. The molecular formula is C21H24F2N4OS. The Bertz CT molecular complexity index is 1070. The molecule has 0 saturated heterocycles. The van der Waals surface area contributed by atoms with Gasteiger partial charge in [0.1, 0.15) is 16.5 Å². The molecule has 1 N–H and O–H groups in total. The summed E-state index contributed by atoms with van der Waals surface area (Å²) in [5, 5.41) is 4.16. The summed E-state index contributed by atoms with van der Waals surface area (Å²) in [6.07, 6.45) is 4.12. The molecule has 154 valence electrons. The SMILES string of the molecule is CN(C)CCn1cnc2sc3c(c2c1=O)CCC(NCc1cc(F)cc(F)c1)C3. The second kappa shape index (κ2) is 8.30. The average molecular weight is 419 g/mol. The van der Waals surface area contributed by atoms with E-state index in [4.69, 9.17) is 0 Å². The summed E-state index contributed by atoms with van der Waals surface area (Å²) in [4.78, 5) is 21.5. The molecule has 2 aromatic heterocycles. The number of rotatable bonds is 6. The minimum Gasteiger partial charge on any atom is -0.310 e. The highest BCUT2D eigenvalue weighted by atomic mass is 32.1. The van der Waals surface area contributed by atoms with E-state index < -0.39 is 11.6 Å². The van der Waals surface area contributed by atoms with Crippen molar-refractivity contribution in [3.63, 3.8) is 0 Å². The number of fused-ring (bicyclic) bond motifs is 3. The number of halogens is 2. The molecule has 1 atom stereocenters. The van der Waals surface area contributed by atoms with E-state index in [0.717, 1.165) is 47.7 Å². The van der Waals surface area contributed by atoms with Crippen LogP contribution in [0.2, 0.25) is 0 Å². The van der Waals surface area contributed by atoms with Crippen molar-refractivity contribution in [2.45, 2.75) is 38.4 Å². The van der Waals surface area contributed by atoms with Gasteiger partial charge >= 0.3 is 0 Å². The first-order valence-electron chi connectivity index (χ1n) is 9.73. The third-order valence-corrected chi connectivity index (χ3v) is 6.50. The summed E-state index contributed by atoms with van der Waals surface area (Å²) in [6.45, 7) is 1.81. The topological polar surface area (TPSA) is 50.2 Å². The Morgan fingerprint density at radius 2 is 2.03 bits per heavy atom. The molecule has 1 aromatic carbocycles. The highest BCUT2D eigenvalue weighted by Crippen LogP contribution is 2.33. The van der Waals surface area contributed by atoms with Gasteiger partial charge in [0.2, 0.25) is 0 Å². The van der Waals surface area contributed by atoms with Gasteiger partial charge in [0, 0.05) is 36.6 Å². The van der Waals surface area contributed by atoms with Crippen molar-refractivity contribution in [3.05, 3.63) is 62.5 Å². The van der Waals surface area contributed by atoms with Crippen LogP contribution in [0, 0.1) is 11.6 Å². The van der Waals surface area contributed by atoms with E-state index >= 15 is 0 Å². The van der Waals surface area contributed by atoms with Gasteiger partial charge in [-0.15, -0.1) is 11.3 Å². The van der Waals surface area contributed by atoms with Gasteiger partial charge in [-0.05, 0) is 56.6 Å². The van der Waals surface area contributed by atoms with Crippen molar-refractivity contribution in [1.29, 1.82) is 0 Å². The normalized spacial score (nSPS) is 16.5. The highest BCUT2D eigenvalue weighted by Gasteiger charge is 2.25. The lowest BCUT2D eigenvalue weighted by Gasteiger charge is -2.23. The first kappa shape index (κ1) is 20.1. The summed E-state index contributed by atoms with van der Waals surface area (Å²) in [5.74, 6) is -1.12. The Balaban J connectivity index is 1.51. The summed E-state index contributed by atoms with van der Waals surface area (Å²) in [6, 6.07) is 3.79. The van der Waals surface area contributed by atoms with Crippen molar-refractivity contribution in [1.82, 2.24) is 19.8 Å². The predicted octanol–water partition coefficient (Wildman–Crippen LogP) is 2.94. The van der Waals surface area contributed by atoms with Crippen molar-refractivity contribution >= 4 is 21.6 Å². The lowest BCUT2D eigenvalue weighted by atomic mass is 9.93. The van der Waals surface area contributed by atoms with Crippen LogP contribution in [-0.2, 0) is 25.9 Å². The zero-order chi connectivity index (χ0) is 20.5. The fraction of sp³-hybridized carbons (Fsp3) is 0.429. The zero-order valence-electron chi connectivity index (χ0n) is 16.5. The van der Waals surface area contributed by atoms with Gasteiger partial charge in [-0.3, -0.25) is 9.36 Å². The summed E-state index contributed by atoms with van der Waals surface area (Å²) < 4.78 is 28.4. The number of aromatic nitrogens is 2. The molecular weight excluding hydrogens is 394 g/mol. The second-order valence-corrected chi connectivity index (χ2v) is 8.91. The van der Waals surface area contributed by atoms with Gasteiger partial charge in [0.05, 0.1) is 11.7 Å². The predicted molar refractivity (Wildman–Crippen MR) is 111 cm³/mol.